The minimum Gasteiger partial charge on any atom is -0.466 e. The van der Waals surface area contributed by atoms with E-state index in [1.807, 2.05) is 0 Å². The van der Waals surface area contributed by atoms with Crippen molar-refractivity contribution >= 4 is 24.2 Å². The Balaban J connectivity index is 2.83. The van der Waals surface area contributed by atoms with Crippen LogP contribution < -0.4 is 5.32 Å². The van der Waals surface area contributed by atoms with Gasteiger partial charge in [-0.3, -0.25) is 4.79 Å². The molecule has 29 heavy (non-hydrogen) atoms. The zero-order valence-corrected chi connectivity index (χ0v) is 16.9. The number of carbonyl (C=O) groups is 4. The smallest absolute Gasteiger partial charge is 0.338 e. The van der Waals surface area contributed by atoms with Gasteiger partial charge in [-0.1, -0.05) is 18.2 Å². The molecule has 0 aromatic heterocycles. The van der Waals surface area contributed by atoms with E-state index >= 15 is 0 Å². The van der Waals surface area contributed by atoms with Gasteiger partial charge in [0.05, 0.1) is 48.6 Å². The van der Waals surface area contributed by atoms with E-state index in [1.54, 1.807) is 39.0 Å². The normalized spacial score (nSPS) is 16.3. The van der Waals surface area contributed by atoms with Gasteiger partial charge in [-0.15, -0.1) is 0 Å². The fourth-order valence-electron chi connectivity index (χ4n) is 3.19. The van der Waals surface area contributed by atoms with Crippen LogP contribution in [0.3, 0.4) is 0 Å². The first-order valence-corrected chi connectivity index (χ1v) is 8.90. The van der Waals surface area contributed by atoms with Crippen molar-refractivity contribution in [3.8, 4) is 0 Å². The van der Waals surface area contributed by atoms with Crippen LogP contribution in [-0.2, 0) is 28.6 Å². The minimum atomic E-state index is -1.06. The SMILES string of the molecule is COC(=O)C1=C(C=O)NC(C)=C(C(=O)OC(C)C)C1c1ccccc1C(=O)OC. The summed E-state index contributed by atoms with van der Waals surface area (Å²) in [5.41, 5.74) is 0.739. The van der Waals surface area contributed by atoms with Gasteiger partial charge in [0.15, 0.2) is 6.29 Å². The first-order chi connectivity index (χ1) is 13.8. The molecule has 1 unspecified atom stereocenters. The molecule has 0 saturated heterocycles. The highest BCUT2D eigenvalue weighted by Gasteiger charge is 2.40. The van der Waals surface area contributed by atoms with Crippen LogP contribution in [0.1, 0.15) is 42.6 Å². The molecule has 1 aliphatic heterocycles. The Morgan fingerprint density at radius 2 is 1.62 bits per heavy atom. The van der Waals surface area contributed by atoms with E-state index in [0.717, 1.165) is 7.11 Å². The van der Waals surface area contributed by atoms with Crippen LogP contribution in [0.5, 0.6) is 0 Å². The Morgan fingerprint density at radius 1 is 1.00 bits per heavy atom. The molecular weight excluding hydrogens is 378 g/mol. The first kappa shape index (κ1) is 21.9. The summed E-state index contributed by atoms with van der Waals surface area (Å²) in [7, 11) is 2.39. The van der Waals surface area contributed by atoms with Crippen molar-refractivity contribution in [2.75, 3.05) is 14.2 Å². The van der Waals surface area contributed by atoms with Crippen LogP contribution in [0.4, 0.5) is 0 Å². The third-order valence-electron chi connectivity index (χ3n) is 4.36. The average molecular weight is 401 g/mol. The van der Waals surface area contributed by atoms with E-state index in [4.69, 9.17) is 14.2 Å². The molecule has 0 spiro atoms. The first-order valence-electron chi connectivity index (χ1n) is 8.90. The van der Waals surface area contributed by atoms with Gasteiger partial charge >= 0.3 is 17.9 Å². The van der Waals surface area contributed by atoms with Gasteiger partial charge in [-0.25, -0.2) is 14.4 Å². The Kier molecular flexibility index (Phi) is 6.93. The molecule has 0 radical (unpaired) electrons. The molecule has 154 valence electrons. The van der Waals surface area contributed by atoms with E-state index in [9.17, 15) is 19.2 Å². The second kappa shape index (κ2) is 9.18. The number of rotatable bonds is 6. The van der Waals surface area contributed by atoms with Crippen LogP contribution >= 0.6 is 0 Å². The summed E-state index contributed by atoms with van der Waals surface area (Å²) in [5.74, 6) is -3.21. The van der Waals surface area contributed by atoms with Gasteiger partial charge in [0.25, 0.3) is 0 Å². The van der Waals surface area contributed by atoms with Gasteiger partial charge in [0.2, 0.25) is 0 Å². The highest BCUT2D eigenvalue weighted by molar-refractivity contribution is 6.04. The Hall–Kier alpha value is -3.42. The summed E-state index contributed by atoms with van der Waals surface area (Å²) in [5, 5.41) is 2.77. The Bertz CT molecular complexity index is 911. The van der Waals surface area contributed by atoms with E-state index in [2.05, 4.69) is 5.32 Å². The maximum Gasteiger partial charge on any atom is 0.338 e. The number of esters is 3. The fourth-order valence-corrected chi connectivity index (χ4v) is 3.19. The molecule has 0 amide bonds. The molecule has 0 aliphatic carbocycles. The van der Waals surface area contributed by atoms with Crippen LogP contribution in [0.2, 0.25) is 0 Å². The number of benzene rings is 1. The molecule has 1 N–H and O–H groups in total. The van der Waals surface area contributed by atoms with Crippen molar-refractivity contribution < 1.29 is 33.4 Å². The van der Waals surface area contributed by atoms with Crippen LogP contribution in [0.15, 0.2) is 46.8 Å². The van der Waals surface area contributed by atoms with E-state index in [-0.39, 0.29) is 22.4 Å². The number of nitrogens with one attached hydrogen (secondary N) is 1. The monoisotopic (exact) mass is 401 g/mol. The lowest BCUT2D eigenvalue weighted by molar-refractivity contribution is -0.143. The number of hydrogen-bond donors (Lipinski definition) is 1. The zero-order chi connectivity index (χ0) is 21.7. The minimum absolute atomic E-state index is 0.0554. The summed E-state index contributed by atoms with van der Waals surface area (Å²) >= 11 is 0. The lowest BCUT2D eigenvalue weighted by Crippen LogP contribution is -2.34. The van der Waals surface area contributed by atoms with E-state index in [1.165, 1.54) is 13.2 Å². The van der Waals surface area contributed by atoms with Gasteiger partial charge in [-0.2, -0.15) is 0 Å². The molecule has 0 fully saturated rings. The number of dihydropyridines is 1. The summed E-state index contributed by atoms with van der Waals surface area (Å²) in [4.78, 5) is 49.5. The van der Waals surface area contributed by atoms with Crippen LogP contribution in [0, 0.1) is 0 Å². The topological polar surface area (TPSA) is 108 Å². The molecule has 1 atom stereocenters. The summed E-state index contributed by atoms with van der Waals surface area (Å²) in [6.07, 6.45) is 0.0472. The number of methoxy groups -OCH3 is 2. The molecule has 0 saturated carbocycles. The van der Waals surface area contributed by atoms with Crippen molar-refractivity contribution in [2.45, 2.75) is 32.8 Å². The molecule has 1 aliphatic rings. The van der Waals surface area contributed by atoms with Gasteiger partial charge in [0, 0.05) is 5.70 Å². The van der Waals surface area contributed by atoms with Crippen molar-refractivity contribution in [3.05, 3.63) is 57.9 Å². The Morgan fingerprint density at radius 3 is 2.17 bits per heavy atom. The molecule has 8 heteroatoms. The Labute approximate surface area is 168 Å². The molecule has 1 heterocycles. The molecule has 8 nitrogen and oxygen atoms in total. The maximum absolute atomic E-state index is 12.9. The summed E-state index contributed by atoms with van der Waals surface area (Å²) in [6, 6.07) is 6.38. The van der Waals surface area contributed by atoms with Crippen molar-refractivity contribution in [2.24, 2.45) is 0 Å². The standard InChI is InChI=1S/C21H23NO7/c1-11(2)29-21(26)16-12(3)22-15(10-23)18(20(25)28-5)17(16)13-8-6-7-9-14(13)19(24)27-4/h6-11,17,22H,1-5H3. The molecule has 1 aromatic carbocycles. The summed E-state index contributed by atoms with van der Waals surface area (Å²) < 4.78 is 15.1. The average Bonchev–Trinajstić information content (AvgIpc) is 2.70. The third-order valence-corrected chi connectivity index (χ3v) is 4.36. The fraction of sp³-hybridized carbons (Fsp3) is 0.333. The second-order valence-corrected chi connectivity index (χ2v) is 6.57. The second-order valence-electron chi connectivity index (χ2n) is 6.57. The zero-order valence-electron chi connectivity index (χ0n) is 16.9. The highest BCUT2D eigenvalue weighted by atomic mass is 16.5. The largest absolute Gasteiger partial charge is 0.466 e. The number of ether oxygens (including phenoxy) is 3. The molecule has 0 bridgehead atoms. The number of allylic oxidation sites excluding steroid dienone is 2. The van der Waals surface area contributed by atoms with Crippen LogP contribution in [-0.4, -0.2) is 44.5 Å². The van der Waals surface area contributed by atoms with Crippen molar-refractivity contribution in [1.82, 2.24) is 5.32 Å². The highest BCUT2D eigenvalue weighted by Crippen LogP contribution is 2.40. The van der Waals surface area contributed by atoms with Gasteiger partial charge in [-0.05, 0) is 32.4 Å². The van der Waals surface area contributed by atoms with Gasteiger partial charge in [0.1, 0.15) is 0 Å². The van der Waals surface area contributed by atoms with Crippen molar-refractivity contribution in [3.63, 3.8) is 0 Å². The molecular formula is C21H23NO7. The maximum atomic E-state index is 12.9. The number of carbonyl (C=O) groups excluding carboxylic acids is 4. The van der Waals surface area contributed by atoms with Crippen molar-refractivity contribution in [1.29, 1.82) is 0 Å². The quantitative estimate of drug-likeness (QED) is 0.438. The summed E-state index contributed by atoms with van der Waals surface area (Å²) in [6.45, 7) is 4.97. The van der Waals surface area contributed by atoms with Gasteiger partial charge < -0.3 is 19.5 Å². The number of aldehydes is 1. The lowest BCUT2D eigenvalue weighted by Gasteiger charge is -2.30. The van der Waals surface area contributed by atoms with E-state index < -0.39 is 29.9 Å². The van der Waals surface area contributed by atoms with Crippen LogP contribution in [0.25, 0.3) is 0 Å². The molecule has 2 rings (SSSR count). The molecule has 1 aromatic rings. The predicted molar refractivity (Wildman–Crippen MR) is 103 cm³/mol. The third kappa shape index (κ3) is 4.37. The lowest BCUT2D eigenvalue weighted by atomic mass is 9.78. The van der Waals surface area contributed by atoms with E-state index in [0.29, 0.717) is 17.5 Å². The predicted octanol–water partition coefficient (Wildman–Crippen LogP) is 2.01. The number of hydrogen-bond acceptors (Lipinski definition) is 8.